The number of fused-ring (bicyclic) bond motifs is 1. The highest BCUT2D eigenvalue weighted by Gasteiger charge is 2.24. The Hall–Kier alpha value is -1.38. The largest absolute Gasteiger partial charge is 0.344 e. The Morgan fingerprint density at radius 2 is 1.94 bits per heavy atom. The zero-order valence-corrected chi connectivity index (χ0v) is 10.5. The molecule has 2 atom stereocenters. The predicted octanol–water partition coefficient (Wildman–Crippen LogP) is 4.67. The van der Waals surface area contributed by atoms with Crippen molar-refractivity contribution in [3.05, 3.63) is 36.0 Å². The Balaban J connectivity index is 2.11. The summed E-state index contributed by atoms with van der Waals surface area (Å²) in [6.45, 7) is 2.23. The Bertz CT molecular complexity index is 573. The van der Waals surface area contributed by atoms with Crippen LogP contribution in [-0.2, 0) is 0 Å². The average Bonchev–Trinajstić information content (AvgIpc) is 2.73. The lowest BCUT2D eigenvalue weighted by Crippen LogP contribution is -2.20. The molecule has 1 heterocycles. The van der Waals surface area contributed by atoms with Crippen LogP contribution in [0.1, 0.15) is 38.6 Å². The summed E-state index contributed by atoms with van der Waals surface area (Å²) in [6, 6.07) is 4.53. The highest BCUT2D eigenvalue weighted by molar-refractivity contribution is 5.81. The number of aromatic nitrogens is 1. The summed E-state index contributed by atoms with van der Waals surface area (Å²) < 4.78 is 29.1. The maximum atomic E-state index is 13.7. The second-order valence-electron chi connectivity index (χ2n) is 5.37. The minimum absolute atomic E-state index is 0.373. The van der Waals surface area contributed by atoms with Crippen LogP contribution in [0.3, 0.4) is 0 Å². The maximum absolute atomic E-state index is 13.7. The molecule has 3 rings (SSSR count). The Morgan fingerprint density at radius 3 is 2.72 bits per heavy atom. The Kier molecular flexibility index (Phi) is 2.84. The van der Waals surface area contributed by atoms with Crippen LogP contribution in [0.2, 0.25) is 0 Å². The first-order chi connectivity index (χ1) is 8.66. The van der Waals surface area contributed by atoms with Gasteiger partial charge in [-0.1, -0.05) is 19.8 Å². The molecule has 0 unspecified atom stereocenters. The van der Waals surface area contributed by atoms with Gasteiger partial charge < -0.3 is 4.57 Å². The number of nitrogens with zero attached hydrogens (tertiary/aromatic N) is 1. The number of hydrogen-bond donors (Lipinski definition) is 0. The molecule has 3 heteroatoms. The Morgan fingerprint density at radius 1 is 1.17 bits per heavy atom. The lowest BCUT2D eigenvalue weighted by atomic mass is 9.85. The monoisotopic (exact) mass is 249 g/mol. The third-order valence-electron chi connectivity index (χ3n) is 4.18. The summed E-state index contributed by atoms with van der Waals surface area (Å²) in [5.41, 5.74) is 0.686. The van der Waals surface area contributed by atoms with E-state index in [0.29, 0.717) is 22.9 Å². The summed E-state index contributed by atoms with van der Waals surface area (Å²) in [5.74, 6) is -0.392. The van der Waals surface area contributed by atoms with Gasteiger partial charge in [0.15, 0.2) is 0 Å². The van der Waals surface area contributed by atoms with Crippen molar-refractivity contribution in [3.8, 4) is 0 Å². The fourth-order valence-corrected chi connectivity index (χ4v) is 3.18. The van der Waals surface area contributed by atoms with Gasteiger partial charge >= 0.3 is 0 Å². The van der Waals surface area contributed by atoms with E-state index >= 15 is 0 Å². The molecule has 1 aliphatic rings. The summed E-state index contributed by atoms with van der Waals surface area (Å²) in [6.07, 6.45) is 6.66. The molecule has 18 heavy (non-hydrogen) atoms. The molecule has 1 aliphatic carbocycles. The molecule has 1 nitrogen and oxygen atoms in total. The molecule has 1 saturated carbocycles. The molecule has 2 aromatic rings. The average molecular weight is 249 g/mol. The first-order valence-electron chi connectivity index (χ1n) is 6.62. The van der Waals surface area contributed by atoms with Crippen LogP contribution in [-0.4, -0.2) is 4.57 Å². The SMILES string of the molecule is C[C@H]1CCCC[C@H]1n1ccc2c(F)cc(F)cc21. The normalized spacial score (nSPS) is 24.6. The van der Waals surface area contributed by atoms with Crippen molar-refractivity contribution in [2.45, 2.75) is 38.6 Å². The first kappa shape index (κ1) is 11.7. The van der Waals surface area contributed by atoms with Crippen molar-refractivity contribution in [1.82, 2.24) is 4.57 Å². The number of halogens is 2. The standard InChI is InChI=1S/C15H17F2N/c1-10-4-2-3-5-14(10)18-7-6-12-13(17)8-11(16)9-15(12)18/h6-10,14H,2-5H2,1H3/t10-,14+/m0/s1. The maximum Gasteiger partial charge on any atom is 0.135 e. The van der Waals surface area contributed by atoms with E-state index in [2.05, 4.69) is 11.5 Å². The van der Waals surface area contributed by atoms with Crippen molar-refractivity contribution in [3.63, 3.8) is 0 Å². The van der Waals surface area contributed by atoms with E-state index in [1.54, 1.807) is 6.07 Å². The number of rotatable bonds is 1. The highest BCUT2D eigenvalue weighted by atomic mass is 19.1. The number of benzene rings is 1. The summed E-state index contributed by atoms with van der Waals surface area (Å²) >= 11 is 0. The van der Waals surface area contributed by atoms with Crippen LogP contribution in [0.4, 0.5) is 8.78 Å². The molecule has 0 N–H and O–H groups in total. The van der Waals surface area contributed by atoms with Crippen molar-refractivity contribution in [1.29, 1.82) is 0 Å². The molecule has 1 aromatic carbocycles. The van der Waals surface area contributed by atoms with Crippen molar-refractivity contribution < 1.29 is 8.78 Å². The molecular formula is C15H17F2N. The quantitative estimate of drug-likeness (QED) is 0.692. The van der Waals surface area contributed by atoms with Crippen LogP contribution in [0.25, 0.3) is 10.9 Å². The van der Waals surface area contributed by atoms with E-state index < -0.39 is 11.6 Å². The molecule has 0 amide bonds. The van der Waals surface area contributed by atoms with Gasteiger partial charge in [-0.2, -0.15) is 0 Å². The minimum Gasteiger partial charge on any atom is -0.344 e. The van der Waals surface area contributed by atoms with Gasteiger partial charge in [0.25, 0.3) is 0 Å². The molecule has 0 saturated heterocycles. The lowest BCUT2D eigenvalue weighted by Gasteiger charge is -2.30. The van der Waals surface area contributed by atoms with Crippen molar-refractivity contribution in [2.24, 2.45) is 5.92 Å². The van der Waals surface area contributed by atoms with E-state index in [4.69, 9.17) is 0 Å². The van der Waals surface area contributed by atoms with Crippen molar-refractivity contribution >= 4 is 10.9 Å². The smallest absolute Gasteiger partial charge is 0.135 e. The topological polar surface area (TPSA) is 4.93 Å². The minimum atomic E-state index is -0.497. The third-order valence-corrected chi connectivity index (χ3v) is 4.18. The second kappa shape index (κ2) is 4.38. The highest BCUT2D eigenvalue weighted by Crippen LogP contribution is 2.36. The molecular weight excluding hydrogens is 232 g/mol. The van der Waals surface area contributed by atoms with E-state index in [1.807, 2.05) is 6.20 Å². The van der Waals surface area contributed by atoms with Crippen molar-refractivity contribution in [2.75, 3.05) is 0 Å². The van der Waals surface area contributed by atoms with Gasteiger partial charge in [0, 0.05) is 23.7 Å². The Labute approximate surface area is 105 Å². The summed E-state index contributed by atoms with van der Waals surface area (Å²) in [4.78, 5) is 0. The third kappa shape index (κ3) is 1.82. The molecule has 1 aromatic heterocycles. The van der Waals surface area contributed by atoms with Crippen LogP contribution in [0.5, 0.6) is 0 Å². The van der Waals surface area contributed by atoms with Crippen LogP contribution in [0.15, 0.2) is 24.4 Å². The molecule has 0 radical (unpaired) electrons. The van der Waals surface area contributed by atoms with Gasteiger partial charge in [0.1, 0.15) is 11.6 Å². The first-order valence-corrected chi connectivity index (χ1v) is 6.62. The van der Waals surface area contributed by atoms with E-state index in [1.165, 1.54) is 25.3 Å². The molecule has 0 spiro atoms. The summed E-state index contributed by atoms with van der Waals surface area (Å²) in [5, 5.41) is 0.522. The van der Waals surface area contributed by atoms with E-state index in [0.717, 1.165) is 12.5 Å². The van der Waals surface area contributed by atoms with Crippen LogP contribution in [0, 0.1) is 17.6 Å². The fraction of sp³-hybridized carbons (Fsp3) is 0.467. The van der Waals surface area contributed by atoms with Crippen LogP contribution >= 0.6 is 0 Å². The molecule has 0 bridgehead atoms. The van der Waals surface area contributed by atoms with Gasteiger partial charge in [-0.05, 0) is 30.9 Å². The zero-order chi connectivity index (χ0) is 12.7. The van der Waals surface area contributed by atoms with E-state index in [9.17, 15) is 8.78 Å². The van der Waals surface area contributed by atoms with Gasteiger partial charge in [0.05, 0.1) is 5.52 Å². The second-order valence-corrected chi connectivity index (χ2v) is 5.37. The lowest BCUT2D eigenvalue weighted by molar-refractivity contribution is 0.263. The van der Waals surface area contributed by atoms with E-state index in [-0.39, 0.29) is 0 Å². The fourth-order valence-electron chi connectivity index (χ4n) is 3.18. The van der Waals surface area contributed by atoms with Gasteiger partial charge in [-0.25, -0.2) is 8.78 Å². The van der Waals surface area contributed by atoms with Gasteiger partial charge in [0.2, 0.25) is 0 Å². The van der Waals surface area contributed by atoms with Gasteiger partial charge in [-0.15, -0.1) is 0 Å². The zero-order valence-electron chi connectivity index (χ0n) is 10.5. The van der Waals surface area contributed by atoms with Crippen LogP contribution < -0.4 is 0 Å². The molecule has 0 aliphatic heterocycles. The molecule has 1 fully saturated rings. The van der Waals surface area contributed by atoms with Gasteiger partial charge in [-0.3, -0.25) is 0 Å². The summed E-state index contributed by atoms with van der Waals surface area (Å²) in [7, 11) is 0. The number of hydrogen-bond acceptors (Lipinski definition) is 0. The molecule has 96 valence electrons. The predicted molar refractivity (Wildman–Crippen MR) is 68.5 cm³/mol.